The van der Waals surface area contributed by atoms with Crippen molar-refractivity contribution < 1.29 is 14.3 Å². The number of hydrogen-bond acceptors (Lipinski definition) is 4. The predicted molar refractivity (Wildman–Crippen MR) is 107 cm³/mol. The molecule has 1 fully saturated rings. The molecular weight excluding hydrogens is 340 g/mol. The molecule has 0 spiro atoms. The molecule has 1 heterocycles. The first-order valence-corrected chi connectivity index (χ1v) is 10.2. The average Bonchev–Trinajstić information content (AvgIpc) is 2.98. The molecule has 0 radical (unpaired) electrons. The SMILES string of the molecule is CCc1nc2ccc(OC)cc2n1CC(=O)O[C@@H]1C[C@H](C)CCC1C(C)C. The molecule has 1 aliphatic carbocycles. The van der Waals surface area contributed by atoms with E-state index < -0.39 is 0 Å². The first-order valence-electron chi connectivity index (χ1n) is 10.2. The fourth-order valence-electron chi connectivity index (χ4n) is 4.31. The van der Waals surface area contributed by atoms with Crippen molar-refractivity contribution in [2.45, 2.75) is 66.0 Å². The second-order valence-electron chi connectivity index (χ2n) is 8.18. The van der Waals surface area contributed by atoms with Crippen LogP contribution >= 0.6 is 0 Å². The Morgan fingerprint density at radius 2 is 2.11 bits per heavy atom. The minimum Gasteiger partial charge on any atom is -0.497 e. The minimum atomic E-state index is -0.170. The lowest BCUT2D eigenvalue weighted by atomic mass is 9.75. The highest BCUT2D eigenvalue weighted by Gasteiger charge is 2.33. The van der Waals surface area contributed by atoms with Crippen molar-refractivity contribution in [1.82, 2.24) is 9.55 Å². The molecular formula is C22H32N2O3. The van der Waals surface area contributed by atoms with Crippen LogP contribution in [0.2, 0.25) is 0 Å². The number of esters is 1. The van der Waals surface area contributed by atoms with E-state index in [1.54, 1.807) is 7.11 Å². The van der Waals surface area contributed by atoms with Gasteiger partial charge in [-0.2, -0.15) is 0 Å². The number of fused-ring (bicyclic) bond motifs is 1. The number of carbonyl (C=O) groups excluding carboxylic acids is 1. The predicted octanol–water partition coefficient (Wildman–Crippen LogP) is 4.61. The van der Waals surface area contributed by atoms with Crippen molar-refractivity contribution in [1.29, 1.82) is 0 Å². The van der Waals surface area contributed by atoms with E-state index in [0.717, 1.165) is 41.9 Å². The molecule has 0 amide bonds. The highest BCUT2D eigenvalue weighted by Crippen LogP contribution is 2.35. The Balaban J connectivity index is 1.80. The first-order chi connectivity index (χ1) is 12.9. The molecule has 2 aromatic rings. The molecule has 3 rings (SSSR count). The number of benzene rings is 1. The van der Waals surface area contributed by atoms with E-state index in [9.17, 15) is 4.79 Å². The van der Waals surface area contributed by atoms with Crippen molar-refractivity contribution in [2.24, 2.45) is 17.8 Å². The summed E-state index contributed by atoms with van der Waals surface area (Å²) in [6.45, 7) is 8.96. The van der Waals surface area contributed by atoms with E-state index in [-0.39, 0.29) is 18.6 Å². The Morgan fingerprint density at radius 3 is 2.78 bits per heavy atom. The van der Waals surface area contributed by atoms with Gasteiger partial charge in [0.1, 0.15) is 24.2 Å². The monoisotopic (exact) mass is 372 g/mol. The van der Waals surface area contributed by atoms with Gasteiger partial charge in [0.25, 0.3) is 0 Å². The Bertz CT molecular complexity index is 796. The first kappa shape index (κ1) is 19.7. The summed E-state index contributed by atoms with van der Waals surface area (Å²) in [4.78, 5) is 17.5. The maximum atomic E-state index is 12.8. The number of aromatic nitrogens is 2. The van der Waals surface area contributed by atoms with Crippen molar-refractivity contribution in [3.63, 3.8) is 0 Å². The third kappa shape index (κ3) is 4.28. The molecule has 1 saturated carbocycles. The van der Waals surface area contributed by atoms with Gasteiger partial charge >= 0.3 is 5.97 Å². The maximum absolute atomic E-state index is 12.8. The topological polar surface area (TPSA) is 53.4 Å². The van der Waals surface area contributed by atoms with E-state index in [2.05, 4.69) is 32.7 Å². The number of hydrogen-bond donors (Lipinski definition) is 0. The van der Waals surface area contributed by atoms with Crippen LogP contribution in [0.15, 0.2) is 18.2 Å². The van der Waals surface area contributed by atoms with Crippen molar-refractivity contribution >= 4 is 17.0 Å². The van der Waals surface area contributed by atoms with Gasteiger partial charge in [0, 0.05) is 12.5 Å². The van der Waals surface area contributed by atoms with Gasteiger partial charge in [-0.1, -0.05) is 34.1 Å². The molecule has 27 heavy (non-hydrogen) atoms. The molecule has 1 unspecified atom stereocenters. The van der Waals surface area contributed by atoms with Crippen LogP contribution in [0.3, 0.4) is 0 Å². The zero-order valence-corrected chi connectivity index (χ0v) is 17.2. The van der Waals surface area contributed by atoms with Crippen LogP contribution < -0.4 is 4.74 Å². The lowest BCUT2D eigenvalue weighted by Gasteiger charge is -2.36. The molecule has 5 nitrogen and oxygen atoms in total. The second kappa shape index (κ2) is 8.32. The molecule has 0 aliphatic heterocycles. The van der Waals surface area contributed by atoms with E-state index in [1.807, 2.05) is 22.8 Å². The lowest BCUT2D eigenvalue weighted by molar-refractivity contribution is -0.156. The zero-order valence-electron chi connectivity index (χ0n) is 17.2. The van der Waals surface area contributed by atoms with Crippen molar-refractivity contribution in [3.8, 4) is 5.75 Å². The summed E-state index contributed by atoms with van der Waals surface area (Å²) in [5.41, 5.74) is 1.80. The number of imidazole rings is 1. The van der Waals surface area contributed by atoms with E-state index in [0.29, 0.717) is 17.8 Å². The Hall–Kier alpha value is -2.04. The number of carbonyl (C=O) groups is 1. The number of nitrogens with zero attached hydrogens (tertiary/aromatic N) is 2. The summed E-state index contributed by atoms with van der Waals surface area (Å²) >= 11 is 0. The summed E-state index contributed by atoms with van der Waals surface area (Å²) in [6.07, 6.45) is 4.12. The fraction of sp³-hybridized carbons (Fsp3) is 0.636. The van der Waals surface area contributed by atoms with E-state index in [4.69, 9.17) is 9.47 Å². The number of aryl methyl sites for hydroxylation is 1. The fourth-order valence-corrected chi connectivity index (χ4v) is 4.31. The standard InChI is InChI=1S/C22H32N2O3/c1-6-21-23-18-10-8-16(26-5)12-19(18)24(21)13-22(25)27-20-11-15(4)7-9-17(20)14(2)3/h8,10,12,14-15,17,20H,6-7,9,11,13H2,1-5H3/t15-,17?,20-/m1/s1. The Kier molecular flexibility index (Phi) is 6.08. The molecule has 0 bridgehead atoms. The van der Waals surface area contributed by atoms with Crippen molar-refractivity contribution in [3.05, 3.63) is 24.0 Å². The largest absolute Gasteiger partial charge is 0.497 e. The van der Waals surface area contributed by atoms with E-state index >= 15 is 0 Å². The number of ether oxygens (including phenoxy) is 2. The molecule has 0 saturated heterocycles. The third-order valence-corrected chi connectivity index (χ3v) is 5.88. The summed E-state index contributed by atoms with van der Waals surface area (Å²) in [5.74, 6) is 3.09. The van der Waals surface area contributed by atoms with Crippen LogP contribution in [0.1, 0.15) is 52.8 Å². The summed E-state index contributed by atoms with van der Waals surface area (Å²) in [6, 6.07) is 5.77. The molecule has 5 heteroatoms. The van der Waals surface area contributed by atoms with Crippen LogP contribution in [-0.2, 0) is 22.5 Å². The highest BCUT2D eigenvalue weighted by molar-refractivity contribution is 5.80. The summed E-state index contributed by atoms with van der Waals surface area (Å²) < 4.78 is 13.3. The Labute approximate surface area is 162 Å². The van der Waals surface area contributed by atoms with Gasteiger partial charge in [-0.25, -0.2) is 4.98 Å². The van der Waals surface area contributed by atoms with Crippen LogP contribution in [0.25, 0.3) is 11.0 Å². The molecule has 3 atom stereocenters. The summed E-state index contributed by atoms with van der Waals surface area (Å²) in [5, 5.41) is 0. The lowest BCUT2D eigenvalue weighted by Crippen LogP contribution is -2.36. The van der Waals surface area contributed by atoms with Crippen LogP contribution in [0.4, 0.5) is 0 Å². The average molecular weight is 373 g/mol. The highest BCUT2D eigenvalue weighted by atomic mass is 16.5. The molecule has 1 aromatic heterocycles. The molecule has 0 N–H and O–H groups in total. The Morgan fingerprint density at radius 1 is 1.33 bits per heavy atom. The maximum Gasteiger partial charge on any atom is 0.326 e. The quantitative estimate of drug-likeness (QED) is 0.695. The van der Waals surface area contributed by atoms with Gasteiger partial charge in [-0.3, -0.25) is 4.79 Å². The minimum absolute atomic E-state index is 0.0237. The summed E-state index contributed by atoms with van der Waals surface area (Å²) in [7, 11) is 1.65. The van der Waals surface area contributed by atoms with Gasteiger partial charge in [-0.15, -0.1) is 0 Å². The zero-order chi connectivity index (χ0) is 19.6. The number of rotatable bonds is 6. The van der Waals surface area contributed by atoms with Gasteiger partial charge in [0.15, 0.2) is 0 Å². The molecule has 1 aromatic carbocycles. The van der Waals surface area contributed by atoms with E-state index in [1.165, 1.54) is 6.42 Å². The van der Waals surface area contributed by atoms with Crippen LogP contribution in [0.5, 0.6) is 5.75 Å². The van der Waals surface area contributed by atoms with Gasteiger partial charge in [-0.05, 0) is 42.7 Å². The van der Waals surface area contributed by atoms with Crippen molar-refractivity contribution in [2.75, 3.05) is 7.11 Å². The van der Waals surface area contributed by atoms with Crippen LogP contribution in [0, 0.1) is 17.8 Å². The second-order valence-corrected chi connectivity index (χ2v) is 8.18. The normalized spacial score (nSPS) is 23.0. The van der Waals surface area contributed by atoms with Crippen LogP contribution in [-0.4, -0.2) is 28.7 Å². The third-order valence-electron chi connectivity index (χ3n) is 5.88. The number of methoxy groups -OCH3 is 1. The molecule has 148 valence electrons. The van der Waals surface area contributed by atoms with Gasteiger partial charge < -0.3 is 14.0 Å². The van der Waals surface area contributed by atoms with Gasteiger partial charge in [0.2, 0.25) is 0 Å². The van der Waals surface area contributed by atoms with Gasteiger partial charge in [0.05, 0.1) is 18.1 Å². The smallest absolute Gasteiger partial charge is 0.326 e. The molecule has 1 aliphatic rings.